The number of nitrogens with two attached hydrogens (primary N) is 1. The molecule has 0 aliphatic carbocycles. The van der Waals surface area contributed by atoms with Crippen LogP contribution in [0.2, 0.25) is 0 Å². The third kappa shape index (κ3) is 4.84. The fraction of sp³-hybridized carbons (Fsp3) is 1.00. The minimum Gasteiger partial charge on any atom is -0.395 e. The van der Waals surface area contributed by atoms with Gasteiger partial charge in [0.05, 0.1) is 12.7 Å². The lowest BCUT2D eigenvalue weighted by atomic mass is 9.97. The monoisotopic (exact) mass is 258 g/mol. The van der Waals surface area contributed by atoms with Gasteiger partial charge in [-0.25, -0.2) is 0 Å². The molecule has 18 heavy (non-hydrogen) atoms. The van der Waals surface area contributed by atoms with Gasteiger partial charge in [0.2, 0.25) is 0 Å². The van der Waals surface area contributed by atoms with E-state index in [0.29, 0.717) is 5.92 Å². The quantitative estimate of drug-likeness (QED) is 0.752. The molecule has 0 amide bonds. The smallest absolute Gasteiger partial charge is 0.0699 e. The molecule has 0 bridgehead atoms. The molecular formula is C14H30N2O2. The Morgan fingerprint density at radius 3 is 2.72 bits per heavy atom. The number of aliphatic hydroxyl groups excluding tert-OH is 1. The lowest BCUT2D eigenvalue weighted by molar-refractivity contribution is 0.0331. The molecule has 3 unspecified atom stereocenters. The fourth-order valence-electron chi connectivity index (χ4n) is 2.69. The Bertz CT molecular complexity index is 224. The third-order valence-electron chi connectivity index (χ3n) is 3.73. The fourth-order valence-corrected chi connectivity index (χ4v) is 2.69. The van der Waals surface area contributed by atoms with E-state index in [2.05, 4.69) is 25.7 Å². The molecule has 108 valence electrons. The van der Waals surface area contributed by atoms with Crippen molar-refractivity contribution in [2.75, 3.05) is 26.3 Å². The molecule has 1 saturated heterocycles. The van der Waals surface area contributed by atoms with Crippen LogP contribution in [-0.4, -0.2) is 54.5 Å². The Labute approximate surface area is 111 Å². The van der Waals surface area contributed by atoms with Gasteiger partial charge in [-0.3, -0.25) is 4.90 Å². The zero-order chi connectivity index (χ0) is 13.5. The number of rotatable bonds is 6. The first-order valence-corrected chi connectivity index (χ1v) is 7.30. The highest BCUT2D eigenvalue weighted by Crippen LogP contribution is 2.16. The van der Waals surface area contributed by atoms with Crippen molar-refractivity contribution in [1.82, 2.24) is 4.90 Å². The summed E-state index contributed by atoms with van der Waals surface area (Å²) < 4.78 is 5.77. The molecule has 3 atom stereocenters. The van der Waals surface area contributed by atoms with Gasteiger partial charge >= 0.3 is 0 Å². The van der Waals surface area contributed by atoms with Gasteiger partial charge in [0, 0.05) is 31.8 Å². The Hall–Kier alpha value is -0.160. The van der Waals surface area contributed by atoms with Crippen LogP contribution in [0.15, 0.2) is 0 Å². The van der Waals surface area contributed by atoms with Crippen molar-refractivity contribution in [3.63, 3.8) is 0 Å². The summed E-state index contributed by atoms with van der Waals surface area (Å²) in [7, 11) is 0. The van der Waals surface area contributed by atoms with E-state index in [1.165, 1.54) is 0 Å². The van der Waals surface area contributed by atoms with E-state index in [1.54, 1.807) is 0 Å². The van der Waals surface area contributed by atoms with Crippen LogP contribution in [0.4, 0.5) is 0 Å². The highest BCUT2D eigenvalue weighted by Gasteiger charge is 2.28. The first kappa shape index (κ1) is 15.9. The van der Waals surface area contributed by atoms with Crippen molar-refractivity contribution in [2.45, 2.75) is 58.2 Å². The average Bonchev–Trinajstić information content (AvgIpc) is 2.54. The highest BCUT2D eigenvalue weighted by molar-refractivity contribution is 4.85. The molecule has 0 aromatic carbocycles. The van der Waals surface area contributed by atoms with Gasteiger partial charge in [-0.2, -0.15) is 0 Å². The standard InChI is InChI=1S/C14H30N2O2/c1-4-12-9-16(6-5-7-18-12)14(10-17)13(15)8-11(2)3/h11-14,17H,4-10,15H2,1-3H3. The summed E-state index contributed by atoms with van der Waals surface area (Å²) in [6.45, 7) is 9.34. The summed E-state index contributed by atoms with van der Waals surface area (Å²) in [5.41, 5.74) is 6.26. The van der Waals surface area contributed by atoms with Gasteiger partial charge in [-0.05, 0) is 25.2 Å². The first-order valence-electron chi connectivity index (χ1n) is 7.30. The Balaban J connectivity index is 2.61. The number of aliphatic hydroxyl groups is 1. The number of ether oxygens (including phenoxy) is 1. The summed E-state index contributed by atoms with van der Waals surface area (Å²) >= 11 is 0. The minimum absolute atomic E-state index is 0.0469. The SMILES string of the molecule is CCC1CN(C(CO)C(N)CC(C)C)CCCO1. The second-order valence-electron chi connectivity index (χ2n) is 5.79. The molecule has 0 saturated carbocycles. The molecule has 0 aromatic rings. The van der Waals surface area contributed by atoms with Crippen LogP contribution in [0.3, 0.4) is 0 Å². The Morgan fingerprint density at radius 2 is 2.17 bits per heavy atom. The van der Waals surface area contributed by atoms with Crippen molar-refractivity contribution in [3.8, 4) is 0 Å². The van der Waals surface area contributed by atoms with Gasteiger partial charge in [0.25, 0.3) is 0 Å². The maximum Gasteiger partial charge on any atom is 0.0699 e. The third-order valence-corrected chi connectivity index (χ3v) is 3.73. The van der Waals surface area contributed by atoms with Crippen molar-refractivity contribution >= 4 is 0 Å². The van der Waals surface area contributed by atoms with Crippen LogP contribution < -0.4 is 5.73 Å². The lowest BCUT2D eigenvalue weighted by Crippen LogP contribution is -2.52. The molecule has 4 heteroatoms. The molecule has 4 nitrogen and oxygen atoms in total. The summed E-state index contributed by atoms with van der Waals surface area (Å²) in [5.74, 6) is 0.569. The zero-order valence-corrected chi connectivity index (χ0v) is 12.1. The van der Waals surface area contributed by atoms with E-state index in [-0.39, 0.29) is 24.8 Å². The second-order valence-corrected chi connectivity index (χ2v) is 5.79. The van der Waals surface area contributed by atoms with Crippen LogP contribution in [-0.2, 0) is 4.74 Å². The van der Waals surface area contributed by atoms with Gasteiger partial charge in [0.1, 0.15) is 0 Å². The van der Waals surface area contributed by atoms with Crippen LogP contribution in [0.25, 0.3) is 0 Å². The van der Waals surface area contributed by atoms with Gasteiger partial charge < -0.3 is 15.6 Å². The average molecular weight is 258 g/mol. The minimum atomic E-state index is 0.0469. The van der Waals surface area contributed by atoms with Crippen molar-refractivity contribution in [1.29, 1.82) is 0 Å². The van der Waals surface area contributed by atoms with E-state index >= 15 is 0 Å². The topological polar surface area (TPSA) is 58.7 Å². The maximum atomic E-state index is 9.65. The summed E-state index contributed by atoms with van der Waals surface area (Å²) in [6.07, 6.45) is 3.29. The van der Waals surface area contributed by atoms with E-state index in [1.807, 2.05) is 0 Å². The molecule has 1 fully saturated rings. The van der Waals surface area contributed by atoms with Crippen molar-refractivity contribution in [3.05, 3.63) is 0 Å². The van der Waals surface area contributed by atoms with E-state index in [9.17, 15) is 5.11 Å². The summed E-state index contributed by atoms with van der Waals surface area (Å²) in [6, 6.07) is 0.119. The van der Waals surface area contributed by atoms with Crippen molar-refractivity contribution < 1.29 is 9.84 Å². The van der Waals surface area contributed by atoms with Gasteiger partial charge in [0.15, 0.2) is 0 Å². The van der Waals surface area contributed by atoms with Crippen LogP contribution >= 0.6 is 0 Å². The molecule has 3 N–H and O–H groups in total. The lowest BCUT2D eigenvalue weighted by Gasteiger charge is -2.35. The largest absolute Gasteiger partial charge is 0.395 e. The molecule has 0 aromatic heterocycles. The second kappa shape index (κ2) is 8.10. The van der Waals surface area contributed by atoms with E-state index in [0.717, 1.165) is 39.0 Å². The molecule has 1 heterocycles. The molecule has 1 rings (SSSR count). The van der Waals surface area contributed by atoms with E-state index in [4.69, 9.17) is 10.5 Å². The van der Waals surface area contributed by atoms with Crippen molar-refractivity contribution in [2.24, 2.45) is 11.7 Å². The summed E-state index contributed by atoms with van der Waals surface area (Å²) in [5, 5.41) is 9.65. The van der Waals surface area contributed by atoms with Gasteiger partial charge in [-0.1, -0.05) is 20.8 Å². The molecule has 0 radical (unpaired) electrons. The van der Waals surface area contributed by atoms with Crippen LogP contribution in [0.5, 0.6) is 0 Å². The maximum absolute atomic E-state index is 9.65. The predicted molar refractivity (Wildman–Crippen MR) is 74.5 cm³/mol. The Kier molecular flexibility index (Phi) is 7.15. The van der Waals surface area contributed by atoms with Crippen LogP contribution in [0.1, 0.15) is 40.0 Å². The Morgan fingerprint density at radius 1 is 1.44 bits per heavy atom. The predicted octanol–water partition coefficient (Wildman–Crippen LogP) is 1.22. The number of hydrogen-bond donors (Lipinski definition) is 2. The van der Waals surface area contributed by atoms with Crippen LogP contribution in [0, 0.1) is 5.92 Å². The summed E-state index contributed by atoms with van der Waals surface area (Å²) in [4.78, 5) is 2.33. The van der Waals surface area contributed by atoms with E-state index < -0.39 is 0 Å². The number of hydrogen-bond acceptors (Lipinski definition) is 4. The zero-order valence-electron chi connectivity index (χ0n) is 12.1. The highest BCUT2D eigenvalue weighted by atomic mass is 16.5. The molecule has 0 spiro atoms. The molecule has 1 aliphatic rings. The molecule has 1 aliphatic heterocycles. The first-order chi connectivity index (χ1) is 8.58. The molecular weight excluding hydrogens is 228 g/mol. The normalized spacial score (nSPS) is 26.0. The van der Waals surface area contributed by atoms with Gasteiger partial charge in [-0.15, -0.1) is 0 Å². The number of nitrogens with zero attached hydrogens (tertiary/aromatic N) is 1.